The van der Waals surface area contributed by atoms with Crippen LogP contribution < -0.4 is 38.9 Å². The van der Waals surface area contributed by atoms with E-state index in [0.29, 0.717) is 5.56 Å². The van der Waals surface area contributed by atoms with E-state index in [4.69, 9.17) is 22.9 Å². The molecular weight excluding hydrogens is 496 g/mol. The largest absolute Gasteiger partial charge is 0.480 e. The number of carboxylic acid groups (broad SMARTS) is 1. The van der Waals surface area contributed by atoms with Gasteiger partial charge in [-0.15, -0.1) is 0 Å². The summed E-state index contributed by atoms with van der Waals surface area (Å²) in [6.07, 6.45) is -0.0149. The van der Waals surface area contributed by atoms with Crippen molar-refractivity contribution < 1.29 is 29.1 Å². The SMILES string of the molecule is CC(C)C(NC(=O)C(CCCN=C(N)N)NC(=O)C(N)CC(N)=O)C(=O)NC(Cc1ccccc1)C(=O)O. The molecule has 0 fully saturated rings. The molecule has 0 aliphatic carbocycles. The molecule has 0 aromatic heterocycles. The summed E-state index contributed by atoms with van der Waals surface area (Å²) in [6.45, 7) is 3.52. The minimum absolute atomic E-state index is 0.0436. The first-order valence-electron chi connectivity index (χ1n) is 12.1. The quantitative estimate of drug-likeness (QED) is 0.0642. The number of carbonyl (C=O) groups is 5. The van der Waals surface area contributed by atoms with Crippen LogP contribution in [0.15, 0.2) is 35.3 Å². The van der Waals surface area contributed by atoms with Gasteiger partial charge in [0.05, 0.1) is 12.5 Å². The number of carboxylic acids is 1. The van der Waals surface area contributed by atoms with E-state index in [-0.39, 0.29) is 31.8 Å². The monoisotopic (exact) mass is 534 g/mol. The highest BCUT2D eigenvalue weighted by Crippen LogP contribution is 2.08. The van der Waals surface area contributed by atoms with Crippen molar-refractivity contribution in [2.45, 2.75) is 63.7 Å². The average Bonchev–Trinajstić information content (AvgIpc) is 2.83. The second-order valence-electron chi connectivity index (χ2n) is 9.11. The lowest BCUT2D eigenvalue weighted by molar-refractivity contribution is -0.142. The van der Waals surface area contributed by atoms with Crippen LogP contribution in [-0.4, -0.2) is 71.4 Å². The third-order valence-electron chi connectivity index (χ3n) is 5.48. The van der Waals surface area contributed by atoms with Crippen LogP contribution in [0.3, 0.4) is 0 Å². The highest BCUT2D eigenvalue weighted by molar-refractivity contribution is 5.95. The minimum atomic E-state index is -1.28. The molecule has 4 amide bonds. The fraction of sp³-hybridized carbons (Fsp3) is 0.500. The van der Waals surface area contributed by atoms with Gasteiger partial charge in [-0.2, -0.15) is 0 Å². The zero-order chi connectivity index (χ0) is 28.8. The molecular formula is C24H38N8O6. The fourth-order valence-electron chi connectivity index (χ4n) is 3.46. The van der Waals surface area contributed by atoms with Gasteiger partial charge in [0.2, 0.25) is 23.6 Å². The van der Waals surface area contributed by atoms with Gasteiger partial charge in [-0.25, -0.2) is 4.79 Å². The predicted molar refractivity (Wildman–Crippen MR) is 140 cm³/mol. The third-order valence-corrected chi connectivity index (χ3v) is 5.48. The average molecular weight is 535 g/mol. The molecule has 0 bridgehead atoms. The molecule has 0 aliphatic heterocycles. The number of nitrogens with two attached hydrogens (primary N) is 4. The van der Waals surface area contributed by atoms with Gasteiger partial charge in [0.1, 0.15) is 18.1 Å². The van der Waals surface area contributed by atoms with Crippen molar-refractivity contribution in [3.8, 4) is 0 Å². The number of rotatable bonds is 16. The molecule has 0 radical (unpaired) electrons. The molecule has 12 N–H and O–H groups in total. The molecule has 38 heavy (non-hydrogen) atoms. The van der Waals surface area contributed by atoms with Gasteiger partial charge in [-0.05, 0) is 24.3 Å². The van der Waals surface area contributed by atoms with Gasteiger partial charge in [-0.1, -0.05) is 44.2 Å². The molecule has 14 heteroatoms. The zero-order valence-corrected chi connectivity index (χ0v) is 21.6. The van der Waals surface area contributed by atoms with E-state index in [1.54, 1.807) is 44.2 Å². The Labute approximate surface area is 221 Å². The van der Waals surface area contributed by atoms with E-state index >= 15 is 0 Å². The van der Waals surface area contributed by atoms with Crippen molar-refractivity contribution >= 4 is 35.6 Å². The van der Waals surface area contributed by atoms with Gasteiger partial charge >= 0.3 is 5.97 Å². The second-order valence-corrected chi connectivity index (χ2v) is 9.11. The molecule has 0 heterocycles. The Kier molecular flexibility index (Phi) is 13.2. The Balaban J connectivity index is 3.00. The van der Waals surface area contributed by atoms with Crippen molar-refractivity contribution in [3.05, 3.63) is 35.9 Å². The molecule has 1 rings (SSSR count). The lowest BCUT2D eigenvalue weighted by Crippen LogP contribution is -2.58. The summed E-state index contributed by atoms with van der Waals surface area (Å²) < 4.78 is 0. The molecule has 4 unspecified atom stereocenters. The summed E-state index contributed by atoms with van der Waals surface area (Å²) in [5.41, 5.74) is 22.1. The Morgan fingerprint density at radius 1 is 0.895 bits per heavy atom. The number of aliphatic imine (C=N–C) groups is 1. The van der Waals surface area contributed by atoms with E-state index < -0.39 is 66.1 Å². The van der Waals surface area contributed by atoms with E-state index in [1.807, 2.05) is 0 Å². The molecule has 14 nitrogen and oxygen atoms in total. The lowest BCUT2D eigenvalue weighted by atomic mass is 10.00. The Morgan fingerprint density at radius 2 is 1.50 bits per heavy atom. The third kappa shape index (κ3) is 11.7. The van der Waals surface area contributed by atoms with Crippen LogP contribution in [0.2, 0.25) is 0 Å². The predicted octanol–water partition coefficient (Wildman–Crippen LogP) is -2.32. The number of primary amides is 1. The molecule has 0 saturated heterocycles. The summed E-state index contributed by atoms with van der Waals surface area (Å²) in [4.78, 5) is 65.4. The maximum absolute atomic E-state index is 13.1. The number of guanidine groups is 1. The molecule has 0 spiro atoms. The standard InChI is InChI=1S/C24H38N8O6/c1-13(2)19(22(36)31-17(23(37)38)11-14-7-4-3-5-8-14)32-21(35)16(9-6-10-29-24(27)28)30-20(34)15(25)12-18(26)33/h3-5,7-8,13,15-17,19H,6,9-12,25H2,1-2H3,(H2,26,33)(H,30,34)(H,31,36)(H,32,35)(H,37,38)(H4,27,28,29). The van der Waals surface area contributed by atoms with E-state index in [1.165, 1.54) is 0 Å². The number of nitrogens with one attached hydrogen (secondary N) is 3. The topological polar surface area (TPSA) is 258 Å². The smallest absolute Gasteiger partial charge is 0.326 e. The van der Waals surface area contributed by atoms with Crippen molar-refractivity contribution in [1.29, 1.82) is 0 Å². The normalized spacial score (nSPS) is 13.9. The molecule has 1 aromatic carbocycles. The molecule has 0 aliphatic rings. The summed E-state index contributed by atoms with van der Waals surface area (Å²) >= 11 is 0. The van der Waals surface area contributed by atoms with Crippen LogP contribution in [0, 0.1) is 5.92 Å². The molecule has 1 aromatic rings. The first kappa shape index (κ1) is 31.8. The van der Waals surface area contributed by atoms with Crippen LogP contribution in [0.4, 0.5) is 0 Å². The molecule has 4 atom stereocenters. The van der Waals surface area contributed by atoms with Crippen molar-refractivity contribution in [1.82, 2.24) is 16.0 Å². The van der Waals surface area contributed by atoms with Crippen molar-refractivity contribution in [3.63, 3.8) is 0 Å². The van der Waals surface area contributed by atoms with Gasteiger partial charge in [0.15, 0.2) is 5.96 Å². The van der Waals surface area contributed by atoms with Gasteiger partial charge in [0.25, 0.3) is 0 Å². The van der Waals surface area contributed by atoms with Gasteiger partial charge in [-0.3, -0.25) is 24.2 Å². The van der Waals surface area contributed by atoms with Crippen LogP contribution in [-0.2, 0) is 30.4 Å². The van der Waals surface area contributed by atoms with E-state index in [9.17, 15) is 29.1 Å². The Morgan fingerprint density at radius 3 is 2.03 bits per heavy atom. The van der Waals surface area contributed by atoms with Gasteiger partial charge in [0, 0.05) is 13.0 Å². The van der Waals surface area contributed by atoms with Crippen molar-refractivity contribution in [2.75, 3.05) is 6.54 Å². The molecule has 210 valence electrons. The number of benzene rings is 1. The first-order chi connectivity index (χ1) is 17.8. The maximum atomic E-state index is 13.1. The van der Waals surface area contributed by atoms with Crippen molar-refractivity contribution in [2.24, 2.45) is 33.8 Å². The van der Waals surface area contributed by atoms with E-state index in [0.717, 1.165) is 0 Å². The molecule has 0 saturated carbocycles. The number of hydrogen-bond donors (Lipinski definition) is 8. The Bertz CT molecular complexity index is 997. The second kappa shape index (κ2) is 15.8. The van der Waals surface area contributed by atoms with Crippen LogP contribution >= 0.6 is 0 Å². The lowest BCUT2D eigenvalue weighted by Gasteiger charge is -2.27. The number of carbonyl (C=O) groups excluding carboxylic acids is 4. The maximum Gasteiger partial charge on any atom is 0.326 e. The zero-order valence-electron chi connectivity index (χ0n) is 21.6. The highest BCUT2D eigenvalue weighted by atomic mass is 16.4. The summed E-state index contributed by atoms with van der Waals surface area (Å²) in [7, 11) is 0. The summed E-state index contributed by atoms with van der Waals surface area (Å²) in [5.74, 6) is -4.79. The Hall–Kier alpha value is -4.20. The summed E-state index contributed by atoms with van der Waals surface area (Å²) in [5, 5.41) is 17.2. The first-order valence-corrected chi connectivity index (χ1v) is 12.1. The van der Waals surface area contributed by atoms with Gasteiger partial charge < -0.3 is 44.0 Å². The number of amides is 4. The number of hydrogen-bond acceptors (Lipinski definition) is 7. The number of aliphatic carboxylic acids is 1. The van der Waals surface area contributed by atoms with Crippen LogP contribution in [0.1, 0.15) is 38.7 Å². The van der Waals surface area contributed by atoms with Crippen LogP contribution in [0.25, 0.3) is 0 Å². The minimum Gasteiger partial charge on any atom is -0.480 e. The van der Waals surface area contributed by atoms with E-state index in [2.05, 4.69) is 20.9 Å². The van der Waals surface area contributed by atoms with Crippen LogP contribution in [0.5, 0.6) is 0 Å². The fourth-order valence-corrected chi connectivity index (χ4v) is 3.46. The summed E-state index contributed by atoms with van der Waals surface area (Å²) in [6, 6.07) is 4.00. The number of nitrogens with zero attached hydrogens (tertiary/aromatic N) is 1. The highest BCUT2D eigenvalue weighted by Gasteiger charge is 2.32.